The molecule has 0 bridgehead atoms. The van der Waals surface area contributed by atoms with E-state index in [-0.39, 0.29) is 29.3 Å². The first-order chi connectivity index (χ1) is 21.5. The van der Waals surface area contributed by atoms with E-state index in [1.54, 1.807) is 40.8 Å². The minimum absolute atomic E-state index is 0.193. The molecule has 14 heteroatoms. The third kappa shape index (κ3) is 5.75. The Hall–Kier alpha value is -4.40. The number of rotatable bonds is 7. The van der Waals surface area contributed by atoms with Crippen LogP contribution in [0.5, 0.6) is 0 Å². The highest BCUT2D eigenvalue weighted by molar-refractivity contribution is 7.12. The number of nitrogens with one attached hydrogen (secondary N) is 2. The number of halogens is 1. The smallest absolute Gasteiger partial charge is 0.260 e. The van der Waals surface area contributed by atoms with Crippen LogP contribution in [-0.2, 0) is 11.3 Å². The van der Waals surface area contributed by atoms with Crippen LogP contribution in [0.25, 0.3) is 33.0 Å². The maximum Gasteiger partial charge on any atom is 0.260 e. The topological polar surface area (TPSA) is 136 Å². The fraction of sp³-hybridized carbons (Fsp3) is 0.367. The zero-order valence-corrected chi connectivity index (χ0v) is 24.9. The van der Waals surface area contributed by atoms with Gasteiger partial charge in [-0.25, -0.2) is 19.3 Å². The van der Waals surface area contributed by atoms with Gasteiger partial charge in [0.15, 0.2) is 10.8 Å². The van der Waals surface area contributed by atoms with Gasteiger partial charge in [-0.15, -0.1) is 10.2 Å². The van der Waals surface area contributed by atoms with E-state index >= 15 is 4.39 Å². The molecule has 44 heavy (non-hydrogen) atoms. The van der Waals surface area contributed by atoms with Crippen molar-refractivity contribution in [2.75, 3.05) is 43.1 Å². The molecule has 2 aliphatic heterocycles. The number of piperazine rings is 1. The number of pyridine rings is 1. The maximum absolute atomic E-state index is 15.2. The summed E-state index contributed by atoms with van der Waals surface area (Å²) >= 11 is 1.34. The summed E-state index contributed by atoms with van der Waals surface area (Å²) in [5, 5.41) is 15.6. The van der Waals surface area contributed by atoms with Crippen LogP contribution in [0.2, 0.25) is 0 Å². The largest absolute Gasteiger partial charge is 0.381 e. The molecule has 2 N–H and O–H groups in total. The molecule has 6 heterocycles. The van der Waals surface area contributed by atoms with E-state index in [9.17, 15) is 4.79 Å². The highest BCUT2D eigenvalue weighted by atomic mass is 32.1. The Morgan fingerprint density at radius 2 is 1.98 bits per heavy atom. The quantitative estimate of drug-likeness (QED) is 0.277. The van der Waals surface area contributed by atoms with Gasteiger partial charge in [-0.3, -0.25) is 9.36 Å². The highest BCUT2D eigenvalue weighted by Gasteiger charge is 2.22. The lowest BCUT2D eigenvalue weighted by Gasteiger charge is -2.36. The van der Waals surface area contributed by atoms with E-state index in [2.05, 4.69) is 47.6 Å². The van der Waals surface area contributed by atoms with Crippen molar-refractivity contribution >= 4 is 39.7 Å². The molecular formula is C30H31FN10O2S. The second-order valence-corrected chi connectivity index (χ2v) is 11.9. The highest BCUT2D eigenvalue weighted by Crippen LogP contribution is 2.28. The number of nitrogens with zero attached hydrogens (tertiary/aromatic N) is 8. The first-order valence-corrected chi connectivity index (χ1v) is 15.5. The molecule has 1 aromatic carbocycles. The Kier molecular flexibility index (Phi) is 7.93. The molecule has 5 aromatic rings. The molecule has 0 spiro atoms. The Bertz CT molecular complexity index is 1830. The number of aromatic nitrogens is 7. The predicted octanol–water partition coefficient (Wildman–Crippen LogP) is 3.87. The second kappa shape index (κ2) is 12.3. The molecule has 12 nitrogen and oxygen atoms in total. The predicted molar refractivity (Wildman–Crippen MR) is 167 cm³/mol. The van der Waals surface area contributed by atoms with E-state index in [1.807, 2.05) is 6.07 Å². The molecule has 1 unspecified atom stereocenters. The number of ether oxygens (including phenoxy) is 1. The minimum atomic E-state index is -0.315. The average Bonchev–Trinajstić information content (AvgIpc) is 3.59. The third-order valence-corrected chi connectivity index (χ3v) is 8.82. The first-order valence-electron chi connectivity index (χ1n) is 14.6. The fourth-order valence-corrected chi connectivity index (χ4v) is 6.28. The monoisotopic (exact) mass is 614 g/mol. The van der Waals surface area contributed by atoms with Gasteiger partial charge in [-0.05, 0) is 49.9 Å². The van der Waals surface area contributed by atoms with Crippen molar-refractivity contribution < 1.29 is 9.13 Å². The van der Waals surface area contributed by atoms with E-state index in [4.69, 9.17) is 9.72 Å². The fourth-order valence-electron chi connectivity index (χ4n) is 5.78. The summed E-state index contributed by atoms with van der Waals surface area (Å²) < 4.78 is 22.5. The Balaban J connectivity index is 1.23. The van der Waals surface area contributed by atoms with Crippen LogP contribution in [0.4, 0.5) is 21.7 Å². The van der Waals surface area contributed by atoms with Crippen molar-refractivity contribution in [2.45, 2.75) is 32.4 Å². The van der Waals surface area contributed by atoms with Crippen LogP contribution in [0.3, 0.4) is 0 Å². The van der Waals surface area contributed by atoms with Gasteiger partial charge in [0.2, 0.25) is 5.95 Å². The van der Waals surface area contributed by atoms with E-state index in [0.29, 0.717) is 64.1 Å². The SMILES string of the molecule is CC1CNCCN1c1ccc(Nc2ncc3cc(-c4cnc(-c5nncs5)nc4)c(=O)n(CC4CCOCC4)c3n2)cc1F. The van der Waals surface area contributed by atoms with Gasteiger partial charge in [-0.1, -0.05) is 11.3 Å². The van der Waals surface area contributed by atoms with E-state index in [1.165, 1.54) is 17.4 Å². The van der Waals surface area contributed by atoms with Crippen LogP contribution >= 0.6 is 11.3 Å². The molecular weight excluding hydrogens is 583 g/mol. The zero-order chi connectivity index (χ0) is 30.0. The van der Waals surface area contributed by atoms with Crippen molar-refractivity contribution in [3.63, 3.8) is 0 Å². The molecule has 0 amide bonds. The molecule has 2 saturated heterocycles. The summed E-state index contributed by atoms with van der Waals surface area (Å²) in [5.74, 6) is 0.671. The minimum Gasteiger partial charge on any atom is -0.381 e. The lowest BCUT2D eigenvalue weighted by Crippen LogP contribution is -2.50. The van der Waals surface area contributed by atoms with Gasteiger partial charge >= 0.3 is 0 Å². The van der Waals surface area contributed by atoms with Crippen LogP contribution in [0.1, 0.15) is 19.8 Å². The average molecular weight is 615 g/mol. The Labute approximate surface area is 256 Å². The van der Waals surface area contributed by atoms with Crippen LogP contribution < -0.4 is 21.1 Å². The third-order valence-electron chi connectivity index (χ3n) is 8.14. The van der Waals surface area contributed by atoms with Crippen molar-refractivity contribution in [1.82, 2.24) is 40.0 Å². The van der Waals surface area contributed by atoms with Crippen molar-refractivity contribution in [1.29, 1.82) is 0 Å². The molecule has 0 saturated carbocycles. The molecule has 7 rings (SSSR count). The normalized spacial score (nSPS) is 17.7. The number of benzene rings is 1. The van der Waals surface area contributed by atoms with Crippen LogP contribution in [0.15, 0.2) is 53.2 Å². The van der Waals surface area contributed by atoms with Crippen LogP contribution in [0, 0.1) is 11.7 Å². The summed E-state index contributed by atoms with van der Waals surface area (Å²) in [5.41, 5.74) is 4.06. The van der Waals surface area contributed by atoms with Gasteiger partial charge in [-0.2, -0.15) is 4.98 Å². The summed E-state index contributed by atoms with van der Waals surface area (Å²) in [6, 6.07) is 7.03. The molecule has 2 aliphatic rings. The number of hydrogen-bond acceptors (Lipinski definition) is 12. The standard InChI is InChI=1S/C30H31FN10O2S/c1-18-12-32-6-7-40(18)25-3-2-22(11-24(25)31)37-30-35-13-20-10-23(21-14-33-26(34-15-21)28-39-36-17-44-28)29(42)41(27(20)38-30)16-19-4-8-43-9-5-19/h2-3,10-11,13-15,17-19,32H,4-9,12,16H2,1H3,(H,35,37,38). The first kappa shape index (κ1) is 28.4. The van der Waals surface area contributed by atoms with Gasteiger partial charge in [0.25, 0.3) is 5.56 Å². The molecule has 0 aliphatic carbocycles. The summed E-state index contributed by atoms with van der Waals surface area (Å²) in [7, 11) is 0. The Morgan fingerprint density at radius 1 is 1.14 bits per heavy atom. The van der Waals surface area contributed by atoms with Gasteiger partial charge in [0.05, 0.1) is 11.3 Å². The van der Waals surface area contributed by atoms with Gasteiger partial charge < -0.3 is 20.3 Å². The molecule has 4 aromatic heterocycles. The summed E-state index contributed by atoms with van der Waals surface area (Å²) in [6.45, 7) is 6.25. The van der Waals surface area contributed by atoms with E-state index in [0.717, 1.165) is 32.5 Å². The summed E-state index contributed by atoms with van der Waals surface area (Å²) in [4.78, 5) is 34.2. The Morgan fingerprint density at radius 3 is 2.73 bits per heavy atom. The number of hydrogen-bond donors (Lipinski definition) is 2. The lowest BCUT2D eigenvalue weighted by atomic mass is 10.00. The number of anilines is 3. The summed E-state index contributed by atoms with van der Waals surface area (Å²) in [6.07, 6.45) is 6.64. The maximum atomic E-state index is 15.2. The molecule has 1 atom stereocenters. The van der Waals surface area contributed by atoms with Gasteiger partial charge in [0.1, 0.15) is 17.0 Å². The van der Waals surface area contributed by atoms with Crippen molar-refractivity contribution in [3.8, 4) is 22.0 Å². The lowest BCUT2D eigenvalue weighted by molar-refractivity contribution is 0.0613. The molecule has 226 valence electrons. The van der Waals surface area contributed by atoms with Crippen LogP contribution in [-0.4, -0.2) is 73.6 Å². The van der Waals surface area contributed by atoms with Crippen molar-refractivity contribution in [2.24, 2.45) is 5.92 Å². The zero-order valence-electron chi connectivity index (χ0n) is 24.1. The second-order valence-electron chi connectivity index (χ2n) is 11.1. The van der Waals surface area contributed by atoms with E-state index < -0.39 is 0 Å². The van der Waals surface area contributed by atoms with Crippen molar-refractivity contribution in [3.05, 3.63) is 64.5 Å². The van der Waals surface area contributed by atoms with Gasteiger partial charge in [0, 0.05) is 80.7 Å². The molecule has 2 fully saturated rings. The number of fused-ring (bicyclic) bond motifs is 1. The molecule has 0 radical (unpaired) electrons.